The quantitative estimate of drug-likeness (QED) is 0.893. The molecule has 1 aliphatic heterocycles. The van der Waals surface area contributed by atoms with Crippen molar-refractivity contribution < 1.29 is 9.47 Å². The Morgan fingerprint density at radius 3 is 2.33 bits per heavy atom. The van der Waals surface area contributed by atoms with E-state index >= 15 is 0 Å². The zero-order chi connectivity index (χ0) is 13.3. The summed E-state index contributed by atoms with van der Waals surface area (Å²) in [5.74, 6) is 1.45. The Kier molecular flexibility index (Phi) is 3.43. The first-order chi connectivity index (χ1) is 8.50. The van der Waals surface area contributed by atoms with Crippen molar-refractivity contribution in [2.45, 2.75) is 19.5 Å². The number of thioether (sulfide) groups is 1. The summed E-state index contributed by atoms with van der Waals surface area (Å²) < 4.78 is 10.7. The lowest BCUT2D eigenvalue weighted by Crippen LogP contribution is -2.33. The topological polar surface area (TPSA) is 42.9 Å². The minimum absolute atomic E-state index is 0.301. The van der Waals surface area contributed by atoms with E-state index in [0.29, 0.717) is 0 Å². The first-order valence-electron chi connectivity index (χ1n) is 5.69. The maximum absolute atomic E-state index is 5.33. The van der Waals surface area contributed by atoms with Crippen molar-refractivity contribution in [2.24, 2.45) is 4.99 Å². The molecule has 0 aliphatic carbocycles. The van der Waals surface area contributed by atoms with Crippen LogP contribution in [0.5, 0.6) is 11.5 Å². The Morgan fingerprint density at radius 2 is 1.78 bits per heavy atom. The monoisotopic (exact) mass is 266 g/mol. The van der Waals surface area contributed by atoms with E-state index in [4.69, 9.17) is 9.47 Å². The second-order valence-corrected chi connectivity index (χ2v) is 5.35. The smallest absolute Gasteiger partial charge is 0.162 e. The zero-order valence-electron chi connectivity index (χ0n) is 11.3. The van der Waals surface area contributed by atoms with Gasteiger partial charge >= 0.3 is 0 Å². The van der Waals surface area contributed by atoms with Crippen molar-refractivity contribution in [3.8, 4) is 11.5 Å². The molecule has 1 aromatic rings. The normalized spacial score (nSPS) is 16.4. The van der Waals surface area contributed by atoms with Crippen LogP contribution in [0.4, 0.5) is 5.69 Å². The van der Waals surface area contributed by atoms with E-state index in [0.717, 1.165) is 27.8 Å². The molecule has 0 saturated carbocycles. The Balaban J connectivity index is 2.58. The highest BCUT2D eigenvalue weighted by Crippen LogP contribution is 2.38. The summed E-state index contributed by atoms with van der Waals surface area (Å²) >= 11 is 1.64. The molecule has 0 bridgehead atoms. The largest absolute Gasteiger partial charge is 0.493 e. The number of fused-ring (bicyclic) bond motifs is 1. The molecule has 0 amide bonds. The van der Waals surface area contributed by atoms with E-state index < -0.39 is 0 Å². The summed E-state index contributed by atoms with van der Waals surface area (Å²) in [4.78, 5) is 4.68. The number of ether oxygens (including phenoxy) is 2. The Hall–Kier alpha value is -1.36. The SMILES string of the molecule is COc1cc2c(cc1OC)C(SC)=NC(C)(C)N2. The molecule has 5 heteroatoms. The van der Waals surface area contributed by atoms with Crippen molar-refractivity contribution in [1.29, 1.82) is 0 Å². The number of aliphatic imine (C=N–C) groups is 1. The number of benzene rings is 1. The number of hydrogen-bond acceptors (Lipinski definition) is 5. The number of rotatable bonds is 2. The van der Waals surface area contributed by atoms with Gasteiger partial charge in [0.25, 0.3) is 0 Å². The highest BCUT2D eigenvalue weighted by Gasteiger charge is 2.27. The van der Waals surface area contributed by atoms with Crippen LogP contribution in [0.1, 0.15) is 19.4 Å². The van der Waals surface area contributed by atoms with Crippen LogP contribution in [-0.2, 0) is 0 Å². The summed E-state index contributed by atoms with van der Waals surface area (Å²) in [6, 6.07) is 3.92. The fraction of sp³-hybridized carbons (Fsp3) is 0.462. The molecule has 0 spiro atoms. The molecular weight excluding hydrogens is 248 g/mol. The lowest BCUT2D eigenvalue weighted by molar-refractivity contribution is 0.355. The molecule has 0 radical (unpaired) electrons. The van der Waals surface area contributed by atoms with Gasteiger partial charge in [-0.3, -0.25) is 4.99 Å². The Labute approximate surface area is 112 Å². The van der Waals surface area contributed by atoms with Crippen molar-refractivity contribution in [3.63, 3.8) is 0 Å². The standard InChI is InChI=1S/C13H18N2O2S/c1-13(2)14-9-7-11(17-4)10(16-3)6-8(9)12(15-13)18-5/h6-7,14H,1-5H3. The van der Waals surface area contributed by atoms with Crippen molar-refractivity contribution >= 4 is 22.5 Å². The van der Waals surface area contributed by atoms with E-state index in [1.165, 1.54) is 0 Å². The van der Waals surface area contributed by atoms with Crippen LogP contribution in [-0.4, -0.2) is 31.2 Å². The minimum atomic E-state index is -0.301. The number of anilines is 1. The van der Waals surface area contributed by atoms with Crippen LogP contribution in [0, 0.1) is 0 Å². The van der Waals surface area contributed by atoms with Gasteiger partial charge in [0.2, 0.25) is 0 Å². The highest BCUT2D eigenvalue weighted by molar-refractivity contribution is 8.13. The van der Waals surface area contributed by atoms with Gasteiger partial charge < -0.3 is 14.8 Å². The van der Waals surface area contributed by atoms with Crippen LogP contribution in [0.3, 0.4) is 0 Å². The molecule has 2 rings (SSSR count). The van der Waals surface area contributed by atoms with Crippen LogP contribution in [0.15, 0.2) is 17.1 Å². The summed E-state index contributed by atoms with van der Waals surface area (Å²) in [6.45, 7) is 4.09. The predicted octanol–water partition coefficient (Wildman–Crippen LogP) is 2.98. The zero-order valence-corrected chi connectivity index (χ0v) is 12.1. The van der Waals surface area contributed by atoms with Crippen LogP contribution in [0.25, 0.3) is 0 Å². The Morgan fingerprint density at radius 1 is 1.17 bits per heavy atom. The molecule has 18 heavy (non-hydrogen) atoms. The molecule has 1 aliphatic rings. The fourth-order valence-corrected chi connectivity index (χ4v) is 2.69. The number of methoxy groups -OCH3 is 2. The lowest BCUT2D eigenvalue weighted by atomic mass is 10.1. The molecule has 0 fully saturated rings. The maximum atomic E-state index is 5.33. The third-order valence-corrected chi connectivity index (χ3v) is 3.47. The molecule has 4 nitrogen and oxygen atoms in total. The summed E-state index contributed by atoms with van der Waals surface area (Å²) in [5, 5.41) is 4.40. The lowest BCUT2D eigenvalue weighted by Gasteiger charge is -2.31. The van der Waals surface area contributed by atoms with E-state index in [1.54, 1.807) is 26.0 Å². The molecule has 0 atom stereocenters. The molecule has 1 N–H and O–H groups in total. The van der Waals surface area contributed by atoms with Gasteiger partial charge in [0.05, 0.1) is 14.2 Å². The van der Waals surface area contributed by atoms with E-state index in [9.17, 15) is 0 Å². The van der Waals surface area contributed by atoms with Crippen LogP contribution < -0.4 is 14.8 Å². The first kappa shape index (κ1) is 13.1. The van der Waals surface area contributed by atoms with Gasteiger partial charge in [-0.05, 0) is 26.2 Å². The maximum Gasteiger partial charge on any atom is 0.162 e. The molecule has 98 valence electrons. The fourth-order valence-electron chi connectivity index (χ4n) is 1.99. The van der Waals surface area contributed by atoms with Gasteiger partial charge in [-0.2, -0.15) is 0 Å². The van der Waals surface area contributed by atoms with Crippen LogP contribution >= 0.6 is 11.8 Å². The van der Waals surface area contributed by atoms with E-state index in [1.807, 2.05) is 32.2 Å². The van der Waals surface area contributed by atoms with Gasteiger partial charge in [-0.15, -0.1) is 11.8 Å². The minimum Gasteiger partial charge on any atom is -0.493 e. The van der Waals surface area contributed by atoms with Crippen LogP contribution in [0.2, 0.25) is 0 Å². The molecule has 0 saturated heterocycles. The number of hydrogen-bond donors (Lipinski definition) is 1. The average molecular weight is 266 g/mol. The predicted molar refractivity (Wildman–Crippen MR) is 77.3 cm³/mol. The number of nitrogens with zero attached hydrogens (tertiary/aromatic N) is 1. The average Bonchev–Trinajstić information content (AvgIpc) is 2.35. The second kappa shape index (κ2) is 4.72. The van der Waals surface area contributed by atoms with Gasteiger partial charge in [0.1, 0.15) is 10.7 Å². The van der Waals surface area contributed by atoms with Gasteiger partial charge in [0.15, 0.2) is 11.5 Å². The summed E-state index contributed by atoms with van der Waals surface area (Å²) in [7, 11) is 3.28. The Bertz CT molecular complexity index is 498. The van der Waals surface area contributed by atoms with E-state index in [-0.39, 0.29) is 5.66 Å². The van der Waals surface area contributed by atoms with Gasteiger partial charge in [0, 0.05) is 17.3 Å². The third kappa shape index (κ3) is 2.27. The molecule has 0 aromatic heterocycles. The molecular formula is C13H18N2O2S. The second-order valence-electron chi connectivity index (χ2n) is 4.56. The molecule has 0 unspecified atom stereocenters. The molecule has 1 aromatic carbocycles. The van der Waals surface area contributed by atoms with Crippen molar-refractivity contribution in [1.82, 2.24) is 0 Å². The summed E-state index contributed by atoms with van der Waals surface area (Å²) in [5.41, 5.74) is 1.78. The van der Waals surface area contributed by atoms with Gasteiger partial charge in [-0.1, -0.05) is 0 Å². The van der Waals surface area contributed by atoms with E-state index in [2.05, 4.69) is 10.3 Å². The van der Waals surface area contributed by atoms with Crippen molar-refractivity contribution in [3.05, 3.63) is 17.7 Å². The third-order valence-electron chi connectivity index (χ3n) is 2.77. The van der Waals surface area contributed by atoms with Crippen molar-refractivity contribution in [2.75, 3.05) is 25.8 Å². The summed E-state index contributed by atoms with van der Waals surface area (Å²) in [6.07, 6.45) is 2.03. The first-order valence-corrected chi connectivity index (χ1v) is 6.91. The highest BCUT2D eigenvalue weighted by atomic mass is 32.2. The van der Waals surface area contributed by atoms with Gasteiger partial charge in [-0.25, -0.2) is 0 Å². The number of nitrogens with one attached hydrogen (secondary N) is 1. The molecule has 1 heterocycles.